The normalized spacial score (nSPS) is 11.4. The van der Waals surface area contributed by atoms with Crippen LogP contribution in [0.25, 0.3) is 0 Å². The Hall–Kier alpha value is -2.29. The fraction of sp³-hybridized carbons (Fsp3) is 0.381. The zero-order valence-corrected chi connectivity index (χ0v) is 18.8. The number of rotatable bonds is 11. The third-order valence-electron chi connectivity index (χ3n) is 4.22. The van der Waals surface area contributed by atoms with Gasteiger partial charge in [-0.3, -0.25) is 0 Å². The van der Waals surface area contributed by atoms with E-state index in [9.17, 15) is 13.2 Å². The molecule has 164 valence electrons. The predicted molar refractivity (Wildman–Crippen MR) is 115 cm³/mol. The van der Waals surface area contributed by atoms with E-state index in [2.05, 4.69) is 0 Å². The first kappa shape index (κ1) is 24.0. The lowest BCUT2D eigenvalue weighted by atomic mass is 10.2. The molecule has 9 heteroatoms. The summed E-state index contributed by atoms with van der Waals surface area (Å²) in [4.78, 5) is 12.4. The van der Waals surface area contributed by atoms with Crippen molar-refractivity contribution in [3.8, 4) is 11.5 Å². The van der Waals surface area contributed by atoms with Crippen LogP contribution in [0, 0.1) is 0 Å². The summed E-state index contributed by atoms with van der Waals surface area (Å²) in [5.74, 6) is 0.636. The maximum atomic E-state index is 12.7. The van der Waals surface area contributed by atoms with Gasteiger partial charge in [0.15, 0.2) is 0 Å². The van der Waals surface area contributed by atoms with Gasteiger partial charge in [0.05, 0.1) is 22.1 Å². The Kier molecular flexibility index (Phi) is 8.95. The van der Waals surface area contributed by atoms with E-state index in [0.717, 1.165) is 5.75 Å². The summed E-state index contributed by atoms with van der Waals surface area (Å²) in [6.07, 6.45) is 0. The van der Waals surface area contributed by atoms with E-state index in [1.54, 1.807) is 38.1 Å². The van der Waals surface area contributed by atoms with Crippen molar-refractivity contribution in [2.45, 2.75) is 25.7 Å². The lowest BCUT2D eigenvalue weighted by Gasteiger charge is -2.19. The lowest BCUT2D eigenvalue weighted by Crippen LogP contribution is -2.30. The molecule has 0 saturated carbocycles. The molecule has 0 aliphatic heterocycles. The molecule has 0 bridgehead atoms. The summed E-state index contributed by atoms with van der Waals surface area (Å²) in [6.45, 7) is 6.74. The van der Waals surface area contributed by atoms with Gasteiger partial charge in [0.2, 0.25) is 10.0 Å². The van der Waals surface area contributed by atoms with Crippen LogP contribution < -0.4 is 9.47 Å². The average Bonchev–Trinajstić information content (AvgIpc) is 2.73. The van der Waals surface area contributed by atoms with Crippen LogP contribution >= 0.6 is 11.6 Å². The van der Waals surface area contributed by atoms with E-state index in [-0.39, 0.29) is 28.7 Å². The molecular weight excluding hydrogens is 430 g/mol. The molecule has 2 aromatic carbocycles. The Balaban J connectivity index is 1.98. The van der Waals surface area contributed by atoms with Crippen LogP contribution in [-0.4, -0.2) is 51.6 Å². The van der Waals surface area contributed by atoms with Gasteiger partial charge in [0, 0.05) is 13.1 Å². The van der Waals surface area contributed by atoms with Gasteiger partial charge < -0.3 is 14.2 Å². The van der Waals surface area contributed by atoms with Gasteiger partial charge in [-0.1, -0.05) is 25.4 Å². The van der Waals surface area contributed by atoms with Crippen LogP contribution in [0.2, 0.25) is 5.02 Å². The minimum atomic E-state index is -3.71. The molecule has 0 amide bonds. The fourth-order valence-electron chi connectivity index (χ4n) is 2.70. The minimum Gasteiger partial charge on any atom is -0.494 e. The van der Waals surface area contributed by atoms with Crippen molar-refractivity contribution in [3.05, 3.63) is 53.1 Å². The lowest BCUT2D eigenvalue weighted by molar-refractivity contribution is 0.0450. The van der Waals surface area contributed by atoms with E-state index in [4.69, 9.17) is 25.8 Å². The number of esters is 1. The first-order valence-corrected chi connectivity index (χ1v) is 11.5. The molecule has 0 N–H and O–H groups in total. The molecule has 0 aliphatic carbocycles. The Bertz CT molecular complexity index is 942. The third kappa shape index (κ3) is 6.10. The van der Waals surface area contributed by atoms with E-state index in [0.29, 0.717) is 25.4 Å². The van der Waals surface area contributed by atoms with Crippen molar-refractivity contribution >= 4 is 27.6 Å². The highest BCUT2D eigenvalue weighted by Crippen LogP contribution is 2.24. The molecule has 0 heterocycles. The number of benzene rings is 2. The van der Waals surface area contributed by atoms with Crippen molar-refractivity contribution in [1.82, 2.24) is 4.31 Å². The topological polar surface area (TPSA) is 82.1 Å². The standard InChI is InChI=1S/C21H26ClNO6S/c1-4-23(5-2)30(25,26)18-11-12-20(22)19(15-18)21(24)29-14-13-28-17-9-7-16(8-10-17)27-6-3/h7-12,15H,4-6,13-14H2,1-3H3. The van der Waals surface area contributed by atoms with E-state index in [1.807, 2.05) is 6.92 Å². The summed E-state index contributed by atoms with van der Waals surface area (Å²) in [5.41, 5.74) is -0.00837. The highest BCUT2D eigenvalue weighted by Gasteiger charge is 2.24. The molecule has 0 unspecified atom stereocenters. The largest absolute Gasteiger partial charge is 0.494 e. The number of carbonyl (C=O) groups is 1. The van der Waals surface area contributed by atoms with Gasteiger partial charge in [-0.2, -0.15) is 4.31 Å². The Morgan fingerprint density at radius 1 is 0.933 bits per heavy atom. The smallest absolute Gasteiger partial charge is 0.339 e. The van der Waals surface area contributed by atoms with Gasteiger partial charge in [0.1, 0.15) is 24.7 Å². The summed E-state index contributed by atoms with van der Waals surface area (Å²) in [7, 11) is -3.71. The van der Waals surface area contributed by atoms with E-state index in [1.165, 1.54) is 22.5 Å². The Morgan fingerprint density at radius 2 is 1.53 bits per heavy atom. The average molecular weight is 456 g/mol. The van der Waals surface area contributed by atoms with E-state index >= 15 is 0 Å². The molecule has 0 fully saturated rings. The zero-order chi connectivity index (χ0) is 22.1. The molecule has 0 spiro atoms. The monoisotopic (exact) mass is 455 g/mol. The summed E-state index contributed by atoms with van der Waals surface area (Å²) < 4.78 is 42.7. The molecular formula is C21H26ClNO6S. The summed E-state index contributed by atoms with van der Waals surface area (Å²) in [6, 6.07) is 11.1. The first-order chi connectivity index (χ1) is 14.3. The van der Waals surface area contributed by atoms with Gasteiger partial charge in [-0.05, 0) is 49.4 Å². The Labute approximate surface area is 182 Å². The second kappa shape index (κ2) is 11.2. The quantitative estimate of drug-likeness (QED) is 0.376. The summed E-state index contributed by atoms with van der Waals surface area (Å²) in [5, 5.41) is 0.117. The van der Waals surface area contributed by atoms with Crippen LogP contribution in [0.5, 0.6) is 11.5 Å². The Morgan fingerprint density at radius 3 is 2.10 bits per heavy atom. The number of nitrogens with zero attached hydrogens (tertiary/aromatic N) is 1. The molecule has 0 saturated heterocycles. The highest BCUT2D eigenvalue weighted by atomic mass is 35.5. The van der Waals surface area contributed by atoms with Gasteiger partial charge in [-0.15, -0.1) is 0 Å². The molecule has 0 radical (unpaired) electrons. The van der Waals surface area contributed by atoms with Crippen LogP contribution in [0.15, 0.2) is 47.4 Å². The molecule has 7 nitrogen and oxygen atoms in total. The molecule has 0 aliphatic rings. The number of hydrogen-bond acceptors (Lipinski definition) is 6. The van der Waals surface area contributed by atoms with Gasteiger partial charge >= 0.3 is 5.97 Å². The molecule has 30 heavy (non-hydrogen) atoms. The maximum Gasteiger partial charge on any atom is 0.339 e. The van der Waals surface area contributed by atoms with Crippen LogP contribution in [-0.2, 0) is 14.8 Å². The second-order valence-electron chi connectivity index (χ2n) is 6.12. The van der Waals surface area contributed by atoms with Crippen LogP contribution in [0.4, 0.5) is 0 Å². The van der Waals surface area contributed by atoms with Gasteiger partial charge in [-0.25, -0.2) is 13.2 Å². The third-order valence-corrected chi connectivity index (χ3v) is 6.60. The number of halogens is 1. The fourth-order valence-corrected chi connectivity index (χ4v) is 4.38. The summed E-state index contributed by atoms with van der Waals surface area (Å²) >= 11 is 6.09. The van der Waals surface area contributed by atoms with Crippen molar-refractivity contribution < 1.29 is 27.4 Å². The number of hydrogen-bond donors (Lipinski definition) is 0. The minimum absolute atomic E-state index is 0.00631. The second-order valence-corrected chi connectivity index (χ2v) is 8.46. The van der Waals surface area contributed by atoms with Crippen molar-refractivity contribution in [2.75, 3.05) is 32.9 Å². The van der Waals surface area contributed by atoms with Crippen LogP contribution in [0.3, 0.4) is 0 Å². The van der Waals surface area contributed by atoms with Crippen LogP contribution in [0.1, 0.15) is 31.1 Å². The molecule has 0 aromatic heterocycles. The van der Waals surface area contributed by atoms with Crippen molar-refractivity contribution in [3.63, 3.8) is 0 Å². The van der Waals surface area contributed by atoms with Gasteiger partial charge in [0.25, 0.3) is 0 Å². The molecule has 0 atom stereocenters. The number of ether oxygens (including phenoxy) is 3. The highest BCUT2D eigenvalue weighted by molar-refractivity contribution is 7.89. The molecule has 2 aromatic rings. The number of sulfonamides is 1. The molecule has 2 rings (SSSR count). The van der Waals surface area contributed by atoms with Crippen molar-refractivity contribution in [1.29, 1.82) is 0 Å². The predicted octanol–water partition coefficient (Wildman–Crippen LogP) is 4.01. The van der Waals surface area contributed by atoms with E-state index < -0.39 is 16.0 Å². The zero-order valence-electron chi connectivity index (χ0n) is 17.3. The number of carbonyl (C=O) groups excluding carboxylic acids is 1. The SMILES string of the molecule is CCOc1ccc(OCCOC(=O)c2cc(S(=O)(=O)N(CC)CC)ccc2Cl)cc1. The first-order valence-electron chi connectivity index (χ1n) is 9.65. The maximum absolute atomic E-state index is 12.7. The van der Waals surface area contributed by atoms with Crippen molar-refractivity contribution in [2.24, 2.45) is 0 Å².